The Balaban J connectivity index is 2.45. The molecule has 1 aromatic heterocycles. The number of nitrogens with one attached hydrogen (secondary N) is 1. The van der Waals surface area contributed by atoms with Gasteiger partial charge in [0, 0.05) is 4.70 Å². The second-order valence-corrected chi connectivity index (χ2v) is 4.91. The van der Waals surface area contributed by atoms with Crippen molar-refractivity contribution in [3.8, 4) is 5.69 Å². The third-order valence-electron chi connectivity index (χ3n) is 2.74. The number of para-hydroxylation sites is 1. The topological polar surface area (TPSA) is 45.9 Å². The number of nitrogens with zero attached hydrogens (tertiary/aromatic N) is 1. The van der Waals surface area contributed by atoms with Crippen molar-refractivity contribution in [2.75, 3.05) is 0 Å². The summed E-state index contributed by atoms with van der Waals surface area (Å²) in [5, 5.41) is 8.67. The van der Waals surface area contributed by atoms with Crippen molar-refractivity contribution in [2.24, 2.45) is 0 Å². The molecule has 3 rings (SSSR count). The summed E-state index contributed by atoms with van der Waals surface area (Å²) in [7, 11) is 0. The largest absolute Gasteiger partial charge is 0.275 e. The average Bonchev–Trinajstić information content (AvgIpc) is 2.40. The van der Waals surface area contributed by atoms with Crippen LogP contribution in [0.2, 0.25) is 0 Å². The molecule has 0 radical (unpaired) electrons. The van der Waals surface area contributed by atoms with Crippen molar-refractivity contribution >= 4 is 21.4 Å². The van der Waals surface area contributed by atoms with Crippen LogP contribution < -0.4 is 10.4 Å². The molecule has 88 valence electrons. The molecule has 3 nitrogen and oxygen atoms in total. The smallest absolute Gasteiger partial charge is 0.266 e. The first kappa shape index (κ1) is 10.9. The van der Waals surface area contributed by atoms with Crippen LogP contribution in [-0.2, 0) is 0 Å². The molecule has 18 heavy (non-hydrogen) atoms. The van der Waals surface area contributed by atoms with Crippen LogP contribution in [0.15, 0.2) is 59.4 Å². The lowest BCUT2D eigenvalue weighted by Gasteiger charge is -2.06. The fourth-order valence-corrected chi connectivity index (χ4v) is 2.81. The van der Waals surface area contributed by atoms with E-state index in [-0.39, 0.29) is 10.4 Å². The van der Waals surface area contributed by atoms with Gasteiger partial charge >= 0.3 is 0 Å². The van der Waals surface area contributed by atoms with Crippen LogP contribution in [0.25, 0.3) is 15.8 Å². The van der Waals surface area contributed by atoms with Crippen LogP contribution in [0.1, 0.15) is 0 Å². The van der Waals surface area contributed by atoms with Crippen LogP contribution in [0.5, 0.6) is 0 Å². The van der Waals surface area contributed by atoms with E-state index < -0.39 is 0 Å². The van der Waals surface area contributed by atoms with Gasteiger partial charge in [-0.25, -0.2) is 0 Å². The zero-order valence-corrected chi connectivity index (χ0v) is 10.3. The molecule has 0 bridgehead atoms. The average molecular weight is 254 g/mol. The van der Waals surface area contributed by atoms with Crippen molar-refractivity contribution in [2.45, 2.75) is 0 Å². The lowest BCUT2D eigenvalue weighted by molar-refractivity contribution is 0.934. The molecule has 3 aromatic rings. The minimum atomic E-state index is -0.138. The van der Waals surface area contributed by atoms with E-state index in [0.717, 1.165) is 10.4 Å². The predicted molar refractivity (Wildman–Crippen MR) is 73.3 cm³/mol. The number of hydrogen-bond acceptors (Lipinski definition) is 3. The summed E-state index contributed by atoms with van der Waals surface area (Å²) >= 11 is 1.31. The Morgan fingerprint density at radius 1 is 0.944 bits per heavy atom. The Morgan fingerprint density at radius 2 is 1.61 bits per heavy atom. The zero-order valence-electron chi connectivity index (χ0n) is 9.46. The van der Waals surface area contributed by atoms with Gasteiger partial charge in [-0.2, -0.15) is 0 Å². The van der Waals surface area contributed by atoms with E-state index in [0.29, 0.717) is 5.39 Å². The molecule has 0 aliphatic heterocycles. The van der Waals surface area contributed by atoms with Crippen molar-refractivity contribution in [1.82, 2.24) is 4.57 Å². The van der Waals surface area contributed by atoms with Gasteiger partial charge < -0.3 is 0 Å². The fraction of sp³-hybridized carbons (Fsp3) is 0. The second-order valence-electron chi connectivity index (χ2n) is 3.88. The van der Waals surface area contributed by atoms with Gasteiger partial charge in [-0.3, -0.25) is 14.8 Å². The van der Waals surface area contributed by atoms with E-state index >= 15 is 0 Å². The molecule has 0 unspecified atom stereocenters. The Labute approximate surface area is 107 Å². The first-order chi connectivity index (χ1) is 8.77. The third kappa shape index (κ3) is 1.67. The van der Waals surface area contributed by atoms with Crippen molar-refractivity contribution in [3.63, 3.8) is 0 Å². The van der Waals surface area contributed by atoms with Crippen molar-refractivity contribution in [3.05, 3.63) is 69.8 Å². The number of hydrogen-bond donors (Lipinski definition) is 1. The zero-order chi connectivity index (χ0) is 12.5. The molecule has 0 saturated carbocycles. The quantitative estimate of drug-likeness (QED) is 0.712. The Kier molecular flexibility index (Phi) is 2.57. The third-order valence-corrected chi connectivity index (χ3v) is 3.70. The van der Waals surface area contributed by atoms with Gasteiger partial charge in [0.05, 0.1) is 11.1 Å². The lowest BCUT2D eigenvalue weighted by atomic mass is 10.2. The summed E-state index contributed by atoms with van der Waals surface area (Å²) in [5.41, 5.74) is 0.593. The summed E-state index contributed by atoms with van der Waals surface area (Å²) in [5.74, 6) is 0. The SMILES string of the molecule is N=c1sc2ccccc2c(=O)n1-c1ccccc1. The summed E-state index contributed by atoms with van der Waals surface area (Å²) in [6, 6.07) is 16.7. The molecule has 0 aliphatic rings. The Hall–Kier alpha value is -2.20. The normalized spacial score (nSPS) is 10.7. The molecular weight excluding hydrogens is 244 g/mol. The molecule has 0 fully saturated rings. The standard InChI is InChI=1S/C14H10N2OS/c15-14-16(10-6-2-1-3-7-10)13(17)11-8-4-5-9-12(11)18-14/h1-9,15H. The van der Waals surface area contributed by atoms with E-state index in [2.05, 4.69) is 0 Å². The van der Waals surface area contributed by atoms with E-state index in [1.54, 1.807) is 6.07 Å². The summed E-state index contributed by atoms with van der Waals surface area (Å²) in [4.78, 5) is 12.6. The minimum Gasteiger partial charge on any atom is -0.275 e. The van der Waals surface area contributed by atoms with Gasteiger partial charge in [0.2, 0.25) is 0 Å². The summed E-state index contributed by atoms with van der Waals surface area (Å²) < 4.78 is 2.28. The second kappa shape index (κ2) is 4.23. The summed E-state index contributed by atoms with van der Waals surface area (Å²) in [6.07, 6.45) is 0. The van der Waals surface area contributed by atoms with E-state index in [1.165, 1.54) is 15.9 Å². The first-order valence-corrected chi connectivity index (χ1v) is 6.34. The fourth-order valence-electron chi connectivity index (χ4n) is 1.91. The van der Waals surface area contributed by atoms with Crippen LogP contribution >= 0.6 is 11.3 Å². The highest BCUT2D eigenvalue weighted by Crippen LogP contribution is 2.12. The van der Waals surface area contributed by atoms with Gasteiger partial charge in [-0.15, -0.1) is 0 Å². The van der Waals surface area contributed by atoms with E-state index in [4.69, 9.17) is 5.41 Å². The molecule has 2 aromatic carbocycles. The van der Waals surface area contributed by atoms with Gasteiger partial charge in [-0.1, -0.05) is 41.7 Å². The maximum atomic E-state index is 12.4. The number of aromatic nitrogens is 1. The Bertz CT molecular complexity index is 818. The highest BCUT2D eigenvalue weighted by atomic mass is 32.1. The van der Waals surface area contributed by atoms with Crippen LogP contribution in [0, 0.1) is 5.41 Å². The maximum absolute atomic E-state index is 12.4. The number of benzene rings is 2. The van der Waals surface area contributed by atoms with Gasteiger partial charge in [0.1, 0.15) is 0 Å². The number of rotatable bonds is 1. The molecule has 1 N–H and O–H groups in total. The van der Waals surface area contributed by atoms with Gasteiger partial charge in [0.25, 0.3) is 5.56 Å². The molecule has 0 atom stereocenters. The van der Waals surface area contributed by atoms with Crippen LogP contribution in [0.3, 0.4) is 0 Å². The molecule has 1 heterocycles. The lowest BCUT2D eigenvalue weighted by Crippen LogP contribution is -2.29. The van der Waals surface area contributed by atoms with E-state index in [1.807, 2.05) is 48.5 Å². The highest BCUT2D eigenvalue weighted by molar-refractivity contribution is 7.15. The molecule has 0 aliphatic carbocycles. The molecule has 4 heteroatoms. The molecular formula is C14H10N2OS. The van der Waals surface area contributed by atoms with Crippen molar-refractivity contribution in [1.29, 1.82) is 5.41 Å². The molecule has 0 saturated heterocycles. The molecule has 0 amide bonds. The van der Waals surface area contributed by atoms with Crippen LogP contribution in [-0.4, -0.2) is 4.57 Å². The maximum Gasteiger partial charge on any atom is 0.266 e. The van der Waals surface area contributed by atoms with Crippen LogP contribution in [0.4, 0.5) is 0 Å². The first-order valence-electron chi connectivity index (χ1n) is 5.52. The highest BCUT2D eigenvalue weighted by Gasteiger charge is 2.06. The Morgan fingerprint density at radius 3 is 2.39 bits per heavy atom. The van der Waals surface area contributed by atoms with Gasteiger partial charge in [-0.05, 0) is 24.3 Å². The van der Waals surface area contributed by atoms with Gasteiger partial charge in [0.15, 0.2) is 4.80 Å². The predicted octanol–water partition coefficient (Wildman–Crippen LogP) is 2.53. The van der Waals surface area contributed by atoms with E-state index in [9.17, 15) is 4.79 Å². The monoisotopic (exact) mass is 254 g/mol. The van der Waals surface area contributed by atoms with Crippen molar-refractivity contribution < 1.29 is 0 Å². The molecule has 0 spiro atoms. The number of fused-ring (bicyclic) bond motifs is 1. The minimum absolute atomic E-state index is 0.138. The summed E-state index contributed by atoms with van der Waals surface area (Å²) in [6.45, 7) is 0.